The molecule has 8 rings (SSSR count). The zero-order chi connectivity index (χ0) is 39.2. The standard InChI is InChI=1S/C40H43F3N8O5/c1-47-36-24(3-2-4-31(36)51(40(47)56)32-11-12-33(52)45-39(32)55)13-14-48-15-17-49(18-16-48)27-10-7-25-22-50(46-30(25)19-27)26-8-5-23(6-9-26)21-44-38(54)28-20-29(41)37(53)35(43)34(28)42/h2-4,7,10,19-20,22-23,26,32,53H,5-6,8-9,11-18,21H2,1H3,(H,44,54)(H,45,52,55). The number of piperidine rings is 1. The van der Waals surface area contributed by atoms with E-state index in [2.05, 4.69) is 44.8 Å². The Balaban J connectivity index is 0.839. The normalized spacial score (nSPS) is 20.9. The van der Waals surface area contributed by atoms with Crippen LogP contribution in [0.4, 0.5) is 18.9 Å². The van der Waals surface area contributed by atoms with Crippen LogP contribution in [0.15, 0.2) is 53.5 Å². The maximum atomic E-state index is 14.1. The Hall–Kier alpha value is -5.64. The van der Waals surface area contributed by atoms with Crippen LogP contribution in [-0.4, -0.2) is 85.9 Å². The number of phenolic OH excluding ortho intramolecular Hbond substituents is 1. The predicted octanol–water partition coefficient (Wildman–Crippen LogP) is 4.32. The van der Waals surface area contributed by atoms with Crippen LogP contribution in [0, 0.1) is 23.4 Å². The van der Waals surface area contributed by atoms with Crippen molar-refractivity contribution in [1.82, 2.24) is 34.4 Å². The number of nitrogens with one attached hydrogen (secondary N) is 2. The van der Waals surface area contributed by atoms with Crippen LogP contribution in [0.25, 0.3) is 21.9 Å². The van der Waals surface area contributed by atoms with E-state index in [0.717, 1.165) is 92.5 Å². The molecule has 3 aliphatic rings. The molecule has 2 saturated heterocycles. The fourth-order valence-electron chi connectivity index (χ4n) is 8.56. The van der Waals surface area contributed by atoms with E-state index in [4.69, 9.17) is 5.10 Å². The van der Waals surface area contributed by atoms with Crippen molar-refractivity contribution in [3.05, 3.63) is 87.7 Å². The topological polar surface area (TPSA) is 147 Å². The Morgan fingerprint density at radius 3 is 2.48 bits per heavy atom. The van der Waals surface area contributed by atoms with Gasteiger partial charge < -0.3 is 15.3 Å². The van der Waals surface area contributed by atoms with E-state index in [9.17, 15) is 37.5 Å². The molecule has 3 aromatic carbocycles. The lowest BCUT2D eigenvalue weighted by molar-refractivity contribution is -0.135. The fourth-order valence-corrected chi connectivity index (χ4v) is 8.56. The minimum atomic E-state index is -1.78. The molecule has 3 fully saturated rings. The van der Waals surface area contributed by atoms with Crippen LogP contribution in [-0.2, 0) is 23.1 Å². The zero-order valence-corrected chi connectivity index (χ0v) is 30.9. The molecule has 1 atom stereocenters. The Morgan fingerprint density at radius 1 is 0.964 bits per heavy atom. The highest BCUT2D eigenvalue weighted by atomic mass is 19.2. The number of carbonyl (C=O) groups is 3. The van der Waals surface area contributed by atoms with Gasteiger partial charge in [-0.05, 0) is 80.3 Å². The van der Waals surface area contributed by atoms with Crippen molar-refractivity contribution >= 4 is 45.3 Å². The highest BCUT2D eigenvalue weighted by molar-refractivity contribution is 6.00. The monoisotopic (exact) mass is 772 g/mol. The number of imidazole rings is 1. The van der Waals surface area contributed by atoms with Gasteiger partial charge in [0.15, 0.2) is 17.4 Å². The van der Waals surface area contributed by atoms with Crippen LogP contribution in [0.5, 0.6) is 5.75 Å². The van der Waals surface area contributed by atoms with Gasteiger partial charge in [-0.25, -0.2) is 13.6 Å². The zero-order valence-electron chi connectivity index (χ0n) is 30.9. The molecule has 294 valence electrons. The van der Waals surface area contributed by atoms with Crippen molar-refractivity contribution in [2.24, 2.45) is 13.0 Å². The number of nitrogens with zero attached hydrogens (tertiary/aromatic N) is 6. The summed E-state index contributed by atoms with van der Waals surface area (Å²) in [5.41, 5.74) is 3.53. The molecule has 3 amide bonds. The number of aryl methyl sites for hydroxylation is 1. The number of carbonyl (C=O) groups excluding carboxylic acids is 3. The van der Waals surface area contributed by atoms with Crippen LogP contribution in [0.2, 0.25) is 0 Å². The van der Waals surface area contributed by atoms with Crippen LogP contribution in [0.3, 0.4) is 0 Å². The van der Waals surface area contributed by atoms with Gasteiger partial charge in [-0.1, -0.05) is 12.1 Å². The first-order valence-corrected chi connectivity index (χ1v) is 19.1. The second-order valence-electron chi connectivity index (χ2n) is 15.2. The molecule has 1 unspecified atom stereocenters. The highest BCUT2D eigenvalue weighted by Gasteiger charge is 2.32. The number of benzene rings is 3. The Kier molecular flexibility index (Phi) is 10.1. The van der Waals surface area contributed by atoms with Crippen molar-refractivity contribution in [3.63, 3.8) is 0 Å². The van der Waals surface area contributed by atoms with Crippen molar-refractivity contribution in [2.75, 3.05) is 44.2 Å². The predicted molar refractivity (Wildman–Crippen MR) is 202 cm³/mol. The fraction of sp³-hybridized carbons (Fsp3) is 0.425. The summed E-state index contributed by atoms with van der Waals surface area (Å²) in [5, 5.41) is 20.2. The third-order valence-electron chi connectivity index (χ3n) is 11.8. The minimum Gasteiger partial charge on any atom is -0.503 e. The number of piperazine rings is 1. The summed E-state index contributed by atoms with van der Waals surface area (Å²) >= 11 is 0. The van der Waals surface area contributed by atoms with E-state index in [1.54, 1.807) is 11.6 Å². The Labute approximate surface area is 319 Å². The molecule has 2 aliphatic heterocycles. The number of hydrogen-bond donors (Lipinski definition) is 3. The van der Waals surface area contributed by atoms with Gasteiger partial charge in [-0.3, -0.25) is 38.4 Å². The number of para-hydroxylation sites is 1. The average molecular weight is 773 g/mol. The van der Waals surface area contributed by atoms with Gasteiger partial charge in [0.1, 0.15) is 6.04 Å². The third kappa shape index (κ3) is 7.01. The number of halogens is 3. The summed E-state index contributed by atoms with van der Waals surface area (Å²) in [5.74, 6) is -7.78. The van der Waals surface area contributed by atoms with E-state index in [1.807, 2.05) is 22.9 Å². The van der Waals surface area contributed by atoms with E-state index in [1.165, 1.54) is 4.57 Å². The molecule has 0 spiro atoms. The van der Waals surface area contributed by atoms with Gasteiger partial charge >= 0.3 is 5.69 Å². The summed E-state index contributed by atoms with van der Waals surface area (Å²) in [6, 6.07) is 12.1. The van der Waals surface area contributed by atoms with Gasteiger partial charge in [0.2, 0.25) is 17.6 Å². The van der Waals surface area contributed by atoms with E-state index in [0.29, 0.717) is 18.0 Å². The molecule has 2 aromatic heterocycles. The van der Waals surface area contributed by atoms with E-state index in [-0.39, 0.29) is 36.5 Å². The maximum absolute atomic E-state index is 14.1. The van der Waals surface area contributed by atoms with Gasteiger partial charge in [0.05, 0.1) is 28.2 Å². The van der Waals surface area contributed by atoms with Crippen LogP contribution >= 0.6 is 0 Å². The number of fused-ring (bicyclic) bond motifs is 2. The molecule has 4 heterocycles. The summed E-state index contributed by atoms with van der Waals surface area (Å²) in [6.07, 6.45) is 6.55. The summed E-state index contributed by atoms with van der Waals surface area (Å²) < 4.78 is 46.7. The number of aromatic nitrogens is 4. The molecule has 1 saturated carbocycles. The second-order valence-corrected chi connectivity index (χ2v) is 15.2. The lowest BCUT2D eigenvalue weighted by Gasteiger charge is -2.36. The van der Waals surface area contributed by atoms with Crippen molar-refractivity contribution in [3.8, 4) is 5.75 Å². The minimum absolute atomic E-state index is 0.120. The molecular formula is C40H43F3N8O5. The number of aromatic hydroxyl groups is 1. The van der Waals surface area contributed by atoms with Gasteiger partial charge in [-0.15, -0.1) is 0 Å². The Morgan fingerprint density at radius 2 is 1.73 bits per heavy atom. The molecular weight excluding hydrogens is 729 g/mol. The van der Waals surface area contributed by atoms with Crippen LogP contribution in [0.1, 0.15) is 66.5 Å². The lowest BCUT2D eigenvalue weighted by Crippen LogP contribution is -2.47. The average Bonchev–Trinajstić information content (AvgIpc) is 3.75. The van der Waals surface area contributed by atoms with E-state index >= 15 is 0 Å². The number of phenols is 1. The molecule has 16 heteroatoms. The molecule has 56 heavy (non-hydrogen) atoms. The number of hydrogen-bond acceptors (Lipinski definition) is 8. The number of anilines is 1. The smallest absolute Gasteiger partial charge is 0.329 e. The van der Waals surface area contributed by atoms with Gasteiger partial charge in [-0.2, -0.15) is 9.49 Å². The van der Waals surface area contributed by atoms with Crippen LogP contribution < -0.4 is 21.2 Å². The Bertz CT molecular complexity index is 2410. The summed E-state index contributed by atoms with van der Waals surface area (Å²) in [7, 11) is 1.73. The first-order chi connectivity index (χ1) is 27.0. The first-order valence-electron chi connectivity index (χ1n) is 19.1. The summed E-state index contributed by atoms with van der Waals surface area (Å²) in [6.45, 7) is 4.51. The quantitative estimate of drug-likeness (QED) is 0.149. The molecule has 0 radical (unpaired) electrons. The molecule has 5 aromatic rings. The van der Waals surface area contributed by atoms with Crippen molar-refractivity contribution < 1.29 is 32.7 Å². The number of imide groups is 1. The largest absolute Gasteiger partial charge is 0.503 e. The molecule has 0 bridgehead atoms. The van der Waals surface area contributed by atoms with Crippen molar-refractivity contribution in [1.29, 1.82) is 0 Å². The SMILES string of the molecule is Cn1c(=O)n(C2CCC(=O)NC2=O)c2cccc(CCN3CCN(c4ccc5cn(C6CCC(CNC(=O)c7cc(F)c(O)c(F)c7F)CC6)nc5c4)CC3)c21. The lowest BCUT2D eigenvalue weighted by atomic mass is 9.86. The number of rotatable bonds is 9. The second kappa shape index (κ2) is 15.1. The molecule has 13 nitrogen and oxygen atoms in total. The van der Waals surface area contributed by atoms with Gasteiger partial charge in [0, 0.05) is 70.0 Å². The molecule has 3 N–H and O–H groups in total. The number of amides is 3. The molecule has 1 aliphatic carbocycles. The maximum Gasteiger partial charge on any atom is 0.329 e. The summed E-state index contributed by atoms with van der Waals surface area (Å²) in [4.78, 5) is 54.9. The van der Waals surface area contributed by atoms with Gasteiger partial charge in [0.25, 0.3) is 5.91 Å². The highest BCUT2D eigenvalue weighted by Crippen LogP contribution is 2.34. The van der Waals surface area contributed by atoms with E-state index < -0.39 is 46.6 Å². The first kappa shape index (κ1) is 37.3. The van der Waals surface area contributed by atoms with Crippen molar-refractivity contribution in [2.45, 2.75) is 57.0 Å². The third-order valence-corrected chi connectivity index (χ3v) is 11.8.